The van der Waals surface area contributed by atoms with Gasteiger partial charge in [0.05, 0.1) is 22.0 Å². The molecule has 1 aliphatic heterocycles. The Morgan fingerprint density at radius 3 is 2.38 bits per heavy atom. The molecule has 0 aliphatic carbocycles. The molecule has 0 aromatic heterocycles. The van der Waals surface area contributed by atoms with Gasteiger partial charge in [0.25, 0.3) is 0 Å². The van der Waals surface area contributed by atoms with E-state index in [1.165, 1.54) is 5.56 Å². The smallest absolute Gasteiger partial charge is 0.306 e. The fourth-order valence-corrected chi connectivity index (χ4v) is 4.07. The number of aryl methyl sites for hydroxylation is 1. The second-order valence-corrected chi connectivity index (χ2v) is 7.57. The van der Waals surface area contributed by atoms with E-state index in [1.54, 1.807) is 6.07 Å². The van der Waals surface area contributed by atoms with Gasteiger partial charge in [0, 0.05) is 0 Å². The maximum absolute atomic E-state index is 11.3. The van der Waals surface area contributed by atoms with Crippen molar-refractivity contribution in [3.05, 3.63) is 69.2 Å². The van der Waals surface area contributed by atoms with Crippen LogP contribution in [-0.2, 0) is 11.2 Å². The lowest BCUT2D eigenvalue weighted by Crippen LogP contribution is -2.39. The van der Waals surface area contributed by atoms with Crippen molar-refractivity contribution in [3.63, 3.8) is 0 Å². The maximum Gasteiger partial charge on any atom is 0.306 e. The van der Waals surface area contributed by atoms with Gasteiger partial charge in [-0.25, -0.2) is 0 Å². The van der Waals surface area contributed by atoms with Crippen molar-refractivity contribution in [1.29, 1.82) is 0 Å². The Morgan fingerprint density at radius 1 is 1.15 bits per heavy atom. The van der Waals surface area contributed by atoms with E-state index in [9.17, 15) is 9.90 Å². The number of likely N-dealkylation sites (tertiary alicyclic amines) is 1. The first kappa shape index (κ1) is 19.2. The Bertz CT molecular complexity index is 768. The minimum atomic E-state index is -0.700. The van der Waals surface area contributed by atoms with E-state index in [-0.39, 0.29) is 12.0 Å². The van der Waals surface area contributed by atoms with Gasteiger partial charge in [0.2, 0.25) is 0 Å². The van der Waals surface area contributed by atoms with Crippen LogP contribution in [0.4, 0.5) is 0 Å². The molecule has 0 saturated carbocycles. The van der Waals surface area contributed by atoms with Crippen LogP contribution in [0.1, 0.15) is 42.5 Å². The van der Waals surface area contributed by atoms with Crippen LogP contribution in [0.15, 0.2) is 42.5 Å². The molecule has 3 rings (SSSR count). The fourth-order valence-electron chi connectivity index (χ4n) is 3.66. The number of carboxylic acids is 1. The Balaban J connectivity index is 1.96. The van der Waals surface area contributed by atoms with Gasteiger partial charge >= 0.3 is 5.97 Å². The maximum atomic E-state index is 11.3. The van der Waals surface area contributed by atoms with Crippen molar-refractivity contribution in [1.82, 2.24) is 4.90 Å². The molecule has 1 atom stereocenters. The summed E-state index contributed by atoms with van der Waals surface area (Å²) >= 11 is 12.8. The van der Waals surface area contributed by atoms with Gasteiger partial charge in [-0.2, -0.15) is 0 Å². The van der Waals surface area contributed by atoms with Gasteiger partial charge in [0.15, 0.2) is 0 Å². The molecule has 1 N–H and O–H groups in total. The summed E-state index contributed by atoms with van der Waals surface area (Å²) in [6, 6.07) is 14.3. The number of carbonyl (C=O) groups is 1. The van der Waals surface area contributed by atoms with Gasteiger partial charge < -0.3 is 5.11 Å². The average molecular weight is 392 g/mol. The van der Waals surface area contributed by atoms with Crippen LogP contribution in [0.3, 0.4) is 0 Å². The van der Waals surface area contributed by atoms with Gasteiger partial charge in [-0.3, -0.25) is 9.69 Å². The third kappa shape index (κ3) is 4.06. The zero-order valence-electron chi connectivity index (χ0n) is 14.8. The molecule has 2 aromatic carbocycles. The molecule has 1 unspecified atom stereocenters. The topological polar surface area (TPSA) is 40.5 Å². The van der Waals surface area contributed by atoms with Crippen molar-refractivity contribution < 1.29 is 9.90 Å². The quantitative estimate of drug-likeness (QED) is 0.737. The average Bonchev–Trinajstić information content (AvgIpc) is 2.66. The Kier molecular flexibility index (Phi) is 6.23. The van der Waals surface area contributed by atoms with Gasteiger partial charge in [-0.05, 0) is 55.1 Å². The highest BCUT2D eigenvalue weighted by molar-refractivity contribution is 6.42. The van der Waals surface area contributed by atoms with Crippen LogP contribution in [0.2, 0.25) is 10.0 Å². The minimum Gasteiger partial charge on any atom is -0.481 e. The SMILES string of the molecule is CCc1ccc(C(c2cccc(Cl)c2Cl)N2CCC(C(=O)O)CC2)cc1. The minimum absolute atomic E-state index is 0.0261. The molecule has 0 radical (unpaired) electrons. The largest absolute Gasteiger partial charge is 0.481 e. The number of nitrogens with zero attached hydrogens (tertiary/aromatic N) is 1. The van der Waals surface area contributed by atoms with Gasteiger partial charge in [-0.1, -0.05) is 66.5 Å². The van der Waals surface area contributed by atoms with Gasteiger partial charge in [-0.15, -0.1) is 0 Å². The number of rotatable bonds is 5. The van der Waals surface area contributed by atoms with E-state index in [0.29, 0.717) is 22.9 Å². The molecule has 138 valence electrons. The number of hydrogen-bond acceptors (Lipinski definition) is 2. The molecule has 0 bridgehead atoms. The van der Waals surface area contributed by atoms with Crippen molar-refractivity contribution in [2.24, 2.45) is 5.92 Å². The first-order chi connectivity index (χ1) is 12.5. The van der Waals surface area contributed by atoms with Crippen molar-refractivity contribution >= 4 is 29.2 Å². The van der Waals surface area contributed by atoms with E-state index >= 15 is 0 Å². The molecule has 5 heteroatoms. The van der Waals surface area contributed by atoms with Crippen molar-refractivity contribution in [3.8, 4) is 0 Å². The van der Waals surface area contributed by atoms with E-state index in [2.05, 4.69) is 36.1 Å². The standard InChI is InChI=1S/C21H23Cl2NO2/c1-2-14-6-8-15(9-7-14)20(17-4-3-5-18(22)19(17)23)24-12-10-16(11-13-24)21(25)26/h3-9,16,20H,2,10-13H2,1H3,(H,25,26). The van der Waals surface area contributed by atoms with Crippen LogP contribution in [-0.4, -0.2) is 29.1 Å². The lowest BCUT2D eigenvalue weighted by atomic mass is 9.91. The molecule has 1 heterocycles. The summed E-state index contributed by atoms with van der Waals surface area (Å²) in [6.45, 7) is 3.58. The number of piperidine rings is 1. The summed E-state index contributed by atoms with van der Waals surface area (Å²) in [7, 11) is 0. The van der Waals surface area contributed by atoms with Gasteiger partial charge in [0.1, 0.15) is 0 Å². The summed E-state index contributed by atoms with van der Waals surface area (Å²) in [5, 5.41) is 10.4. The third-order valence-electron chi connectivity index (χ3n) is 5.22. The third-order valence-corrected chi connectivity index (χ3v) is 6.06. The number of carboxylic acid groups (broad SMARTS) is 1. The summed E-state index contributed by atoms with van der Waals surface area (Å²) in [6.07, 6.45) is 2.29. The Morgan fingerprint density at radius 2 is 1.81 bits per heavy atom. The first-order valence-corrected chi connectivity index (χ1v) is 9.76. The zero-order chi connectivity index (χ0) is 18.7. The highest BCUT2D eigenvalue weighted by Crippen LogP contribution is 2.38. The number of benzene rings is 2. The number of aliphatic carboxylic acids is 1. The molecule has 26 heavy (non-hydrogen) atoms. The summed E-state index contributed by atoms with van der Waals surface area (Å²) in [4.78, 5) is 13.6. The summed E-state index contributed by atoms with van der Waals surface area (Å²) < 4.78 is 0. The van der Waals surface area contributed by atoms with Crippen LogP contribution >= 0.6 is 23.2 Å². The molecule has 2 aromatic rings. The lowest BCUT2D eigenvalue weighted by molar-refractivity contribution is -0.143. The number of hydrogen-bond donors (Lipinski definition) is 1. The predicted octanol–water partition coefficient (Wildman–Crippen LogP) is 5.44. The lowest BCUT2D eigenvalue weighted by Gasteiger charge is -2.37. The molecular formula is C21H23Cl2NO2. The highest BCUT2D eigenvalue weighted by atomic mass is 35.5. The van der Waals surface area contributed by atoms with E-state index in [1.807, 2.05) is 12.1 Å². The summed E-state index contributed by atoms with van der Waals surface area (Å²) in [5.74, 6) is -0.960. The summed E-state index contributed by atoms with van der Waals surface area (Å²) in [5.41, 5.74) is 3.41. The van der Waals surface area contributed by atoms with Crippen LogP contribution < -0.4 is 0 Å². The van der Waals surface area contributed by atoms with Crippen LogP contribution in [0.25, 0.3) is 0 Å². The second kappa shape index (κ2) is 8.43. The molecule has 1 fully saturated rings. The molecule has 1 saturated heterocycles. The van der Waals surface area contributed by atoms with E-state index < -0.39 is 5.97 Å². The predicted molar refractivity (Wildman–Crippen MR) is 106 cm³/mol. The Hall–Kier alpha value is -1.55. The molecule has 1 aliphatic rings. The monoisotopic (exact) mass is 391 g/mol. The highest BCUT2D eigenvalue weighted by Gasteiger charge is 2.31. The Labute approximate surface area is 164 Å². The van der Waals surface area contributed by atoms with Crippen LogP contribution in [0.5, 0.6) is 0 Å². The second-order valence-electron chi connectivity index (χ2n) is 6.79. The zero-order valence-corrected chi connectivity index (χ0v) is 16.3. The van der Waals surface area contributed by atoms with E-state index in [4.69, 9.17) is 23.2 Å². The molecule has 0 amide bonds. The first-order valence-electron chi connectivity index (χ1n) is 9.00. The number of halogens is 2. The molecule has 3 nitrogen and oxygen atoms in total. The molecule has 0 spiro atoms. The fraction of sp³-hybridized carbons (Fsp3) is 0.381. The van der Waals surface area contributed by atoms with Crippen molar-refractivity contribution in [2.75, 3.05) is 13.1 Å². The normalized spacial score (nSPS) is 17.2. The van der Waals surface area contributed by atoms with E-state index in [0.717, 1.165) is 30.6 Å². The van der Waals surface area contributed by atoms with Crippen LogP contribution in [0, 0.1) is 5.92 Å². The molecular weight excluding hydrogens is 369 g/mol. The van der Waals surface area contributed by atoms with Crippen molar-refractivity contribution in [2.45, 2.75) is 32.2 Å².